The van der Waals surface area contributed by atoms with Gasteiger partial charge in [-0.15, -0.1) is 0 Å². The highest BCUT2D eigenvalue weighted by Crippen LogP contribution is 2.26. The first kappa shape index (κ1) is 8.55. The van der Waals surface area contributed by atoms with Crippen molar-refractivity contribution in [3.05, 3.63) is 24.1 Å². The number of aromatic nitrogens is 1. The number of nitrogens with zero attached hydrogens (tertiary/aromatic N) is 1. The normalized spacial score (nSPS) is 10.4. The minimum atomic E-state index is -0.637. The molecule has 0 radical (unpaired) electrons. The molecule has 0 spiro atoms. The molecule has 14 heavy (non-hydrogen) atoms. The number of aromatic hydroxyl groups is 1. The molecule has 2 rings (SSSR count). The number of phenolic OH excluding ortho intramolecular Hbond substituents is 1. The molecular weight excluding hydrogens is 186 g/mol. The van der Waals surface area contributed by atoms with E-state index in [0.717, 1.165) is 0 Å². The summed E-state index contributed by atoms with van der Waals surface area (Å²) in [5.41, 5.74) is 0.763. The number of hydrogen-bond acceptors (Lipinski definition) is 5. The molecule has 5 nitrogen and oxygen atoms in total. The molecule has 1 aromatic carbocycles. The summed E-state index contributed by atoms with van der Waals surface area (Å²) >= 11 is 0. The summed E-state index contributed by atoms with van der Waals surface area (Å²) in [5, 5.41) is 9.45. The Hall–Kier alpha value is -2.04. The third kappa shape index (κ3) is 1.10. The van der Waals surface area contributed by atoms with E-state index in [0.29, 0.717) is 11.1 Å². The third-order valence-electron chi connectivity index (χ3n) is 1.87. The molecular formula is C9H7NO4. The van der Waals surface area contributed by atoms with Gasteiger partial charge < -0.3 is 14.3 Å². The average molecular weight is 193 g/mol. The molecule has 0 aliphatic rings. The number of benzene rings is 1. The first-order chi connectivity index (χ1) is 6.74. The highest BCUT2D eigenvalue weighted by Gasteiger charge is 2.18. The van der Waals surface area contributed by atoms with Crippen molar-refractivity contribution >= 4 is 17.1 Å². The van der Waals surface area contributed by atoms with E-state index in [2.05, 4.69) is 9.72 Å². The summed E-state index contributed by atoms with van der Waals surface area (Å²) in [6.07, 6.45) is 1.20. The second-order valence-electron chi connectivity index (χ2n) is 2.65. The van der Waals surface area contributed by atoms with Crippen molar-refractivity contribution in [1.29, 1.82) is 0 Å². The zero-order chi connectivity index (χ0) is 10.1. The van der Waals surface area contributed by atoms with Crippen LogP contribution >= 0.6 is 0 Å². The smallest absolute Gasteiger partial charge is 0.344 e. The summed E-state index contributed by atoms with van der Waals surface area (Å²) in [7, 11) is 1.24. The Balaban J connectivity index is 2.76. The second kappa shape index (κ2) is 3.02. The van der Waals surface area contributed by atoms with Crippen molar-refractivity contribution in [2.45, 2.75) is 0 Å². The number of rotatable bonds is 1. The zero-order valence-corrected chi connectivity index (χ0v) is 7.35. The van der Waals surface area contributed by atoms with Gasteiger partial charge in [0.2, 0.25) is 0 Å². The third-order valence-corrected chi connectivity index (χ3v) is 1.87. The van der Waals surface area contributed by atoms with Crippen LogP contribution in [0.1, 0.15) is 10.4 Å². The number of oxazole rings is 1. The van der Waals surface area contributed by atoms with E-state index in [-0.39, 0.29) is 11.3 Å². The van der Waals surface area contributed by atoms with Crippen LogP contribution in [0.25, 0.3) is 11.1 Å². The minimum Gasteiger partial charge on any atom is -0.507 e. The Morgan fingerprint density at radius 1 is 1.57 bits per heavy atom. The molecule has 1 N–H and O–H groups in total. The molecule has 0 fully saturated rings. The van der Waals surface area contributed by atoms with Gasteiger partial charge in [-0.25, -0.2) is 9.78 Å². The van der Waals surface area contributed by atoms with Crippen molar-refractivity contribution in [3.8, 4) is 5.75 Å². The predicted molar refractivity (Wildman–Crippen MR) is 47.0 cm³/mol. The van der Waals surface area contributed by atoms with E-state index in [4.69, 9.17) is 4.42 Å². The minimum absolute atomic E-state index is 0.0266. The van der Waals surface area contributed by atoms with Gasteiger partial charge in [-0.2, -0.15) is 0 Å². The first-order valence-electron chi connectivity index (χ1n) is 3.87. The van der Waals surface area contributed by atoms with Crippen LogP contribution in [0.5, 0.6) is 5.75 Å². The molecule has 1 heterocycles. The van der Waals surface area contributed by atoms with Crippen molar-refractivity contribution in [2.75, 3.05) is 7.11 Å². The van der Waals surface area contributed by atoms with Crippen LogP contribution in [0.15, 0.2) is 22.9 Å². The number of esters is 1. The van der Waals surface area contributed by atoms with Gasteiger partial charge in [-0.3, -0.25) is 0 Å². The van der Waals surface area contributed by atoms with Crippen LogP contribution in [0.2, 0.25) is 0 Å². The van der Waals surface area contributed by atoms with Gasteiger partial charge in [-0.05, 0) is 12.1 Å². The van der Waals surface area contributed by atoms with E-state index in [9.17, 15) is 9.90 Å². The number of hydrogen-bond donors (Lipinski definition) is 1. The van der Waals surface area contributed by atoms with Crippen LogP contribution in [0.3, 0.4) is 0 Å². The molecule has 0 bridgehead atoms. The quantitative estimate of drug-likeness (QED) is 0.691. The van der Waals surface area contributed by atoms with E-state index in [1.54, 1.807) is 0 Å². The first-order valence-corrected chi connectivity index (χ1v) is 3.87. The van der Waals surface area contributed by atoms with E-state index < -0.39 is 5.97 Å². The maximum absolute atomic E-state index is 11.3. The maximum atomic E-state index is 11.3. The van der Waals surface area contributed by atoms with E-state index >= 15 is 0 Å². The van der Waals surface area contributed by atoms with Crippen molar-refractivity contribution in [1.82, 2.24) is 4.98 Å². The Kier molecular flexibility index (Phi) is 1.85. The molecule has 0 amide bonds. The largest absolute Gasteiger partial charge is 0.507 e. The number of phenols is 1. The standard InChI is InChI=1S/C9H7NO4/c1-13-9(12)7-5(11)2-3-6-8(7)10-4-14-6/h2-4,11H,1H3. The summed E-state index contributed by atoms with van der Waals surface area (Å²) < 4.78 is 9.49. The molecule has 0 saturated heterocycles. The van der Waals surface area contributed by atoms with E-state index in [1.165, 1.54) is 25.6 Å². The average Bonchev–Trinajstić information content (AvgIpc) is 2.64. The highest BCUT2D eigenvalue weighted by atomic mass is 16.5. The summed E-state index contributed by atoms with van der Waals surface area (Å²) in [6.45, 7) is 0. The van der Waals surface area contributed by atoms with Gasteiger partial charge in [0.1, 0.15) is 16.8 Å². The number of fused-ring (bicyclic) bond motifs is 1. The maximum Gasteiger partial charge on any atom is 0.344 e. The van der Waals surface area contributed by atoms with Crippen molar-refractivity contribution < 1.29 is 19.1 Å². The fourth-order valence-corrected chi connectivity index (χ4v) is 1.22. The highest BCUT2D eigenvalue weighted by molar-refractivity contribution is 6.03. The summed E-state index contributed by atoms with van der Waals surface area (Å²) in [6, 6.07) is 2.89. The Labute approximate surface area is 78.9 Å². The summed E-state index contributed by atoms with van der Waals surface area (Å²) in [5.74, 6) is -0.805. The molecule has 0 atom stereocenters. The van der Waals surface area contributed by atoms with Gasteiger partial charge in [0.25, 0.3) is 0 Å². The molecule has 5 heteroatoms. The van der Waals surface area contributed by atoms with Crippen LogP contribution in [-0.2, 0) is 4.74 Å². The van der Waals surface area contributed by atoms with Gasteiger partial charge in [0.05, 0.1) is 7.11 Å². The van der Waals surface area contributed by atoms with Gasteiger partial charge in [0.15, 0.2) is 12.0 Å². The lowest BCUT2D eigenvalue weighted by Crippen LogP contribution is -2.02. The SMILES string of the molecule is COC(=O)c1c(O)ccc2ocnc12. The molecule has 2 aromatic rings. The van der Waals surface area contributed by atoms with Crippen LogP contribution in [0.4, 0.5) is 0 Å². The lowest BCUT2D eigenvalue weighted by Gasteiger charge is -2.01. The molecule has 0 unspecified atom stereocenters. The lowest BCUT2D eigenvalue weighted by atomic mass is 10.1. The van der Waals surface area contributed by atoms with Crippen LogP contribution in [0, 0.1) is 0 Å². The number of carbonyl (C=O) groups excluding carboxylic acids is 1. The Morgan fingerprint density at radius 2 is 2.36 bits per heavy atom. The fraction of sp³-hybridized carbons (Fsp3) is 0.111. The van der Waals surface area contributed by atoms with Crippen LogP contribution in [-0.4, -0.2) is 23.2 Å². The Morgan fingerprint density at radius 3 is 3.07 bits per heavy atom. The summed E-state index contributed by atoms with van der Waals surface area (Å²) in [4.78, 5) is 15.1. The monoisotopic (exact) mass is 193 g/mol. The van der Waals surface area contributed by atoms with Crippen LogP contribution < -0.4 is 0 Å². The van der Waals surface area contributed by atoms with Gasteiger partial charge in [0, 0.05) is 0 Å². The van der Waals surface area contributed by atoms with E-state index in [1.807, 2.05) is 0 Å². The molecule has 72 valence electrons. The van der Waals surface area contributed by atoms with Gasteiger partial charge in [-0.1, -0.05) is 0 Å². The van der Waals surface area contributed by atoms with Crippen molar-refractivity contribution in [2.24, 2.45) is 0 Å². The molecule has 0 aliphatic carbocycles. The van der Waals surface area contributed by atoms with Gasteiger partial charge >= 0.3 is 5.97 Å². The van der Waals surface area contributed by atoms with Crippen molar-refractivity contribution in [3.63, 3.8) is 0 Å². The lowest BCUT2D eigenvalue weighted by molar-refractivity contribution is 0.0599. The molecule has 0 saturated carbocycles. The fourth-order valence-electron chi connectivity index (χ4n) is 1.22. The zero-order valence-electron chi connectivity index (χ0n) is 7.35. The Bertz CT molecular complexity index is 489. The number of methoxy groups -OCH3 is 1. The molecule has 1 aromatic heterocycles. The number of carbonyl (C=O) groups is 1. The predicted octanol–water partition coefficient (Wildman–Crippen LogP) is 1.32. The second-order valence-corrected chi connectivity index (χ2v) is 2.65. The number of ether oxygens (including phenoxy) is 1. The molecule has 0 aliphatic heterocycles. The topological polar surface area (TPSA) is 72.6 Å².